The summed E-state index contributed by atoms with van der Waals surface area (Å²) in [5, 5.41) is 0. The molecule has 1 saturated carbocycles. The Kier molecular flexibility index (Phi) is 5.38. The van der Waals surface area contributed by atoms with Crippen molar-refractivity contribution in [2.45, 2.75) is 53.1 Å². The quantitative estimate of drug-likeness (QED) is 0.585. The minimum Gasteiger partial charge on any atom is -0.460 e. The van der Waals surface area contributed by atoms with Crippen molar-refractivity contribution in [1.29, 1.82) is 0 Å². The smallest absolute Gasteiger partial charge is 0.313 e. The van der Waals surface area contributed by atoms with Gasteiger partial charge in [-0.2, -0.15) is 0 Å². The molecule has 0 unspecified atom stereocenters. The molecular formula is C19H26O3. The lowest BCUT2D eigenvalue weighted by atomic mass is 9.66. The third-order valence-electron chi connectivity index (χ3n) is 4.15. The molecule has 1 aromatic rings. The third kappa shape index (κ3) is 5.28. The molecule has 2 rings (SSSR count). The number of ketones is 1. The fourth-order valence-corrected chi connectivity index (χ4v) is 3.11. The molecule has 0 amide bonds. The molecular weight excluding hydrogens is 276 g/mol. The van der Waals surface area contributed by atoms with Crippen LogP contribution in [-0.4, -0.2) is 11.8 Å². The van der Waals surface area contributed by atoms with Gasteiger partial charge in [-0.3, -0.25) is 9.59 Å². The molecule has 1 aliphatic carbocycles. The minimum atomic E-state index is -0.409. The maximum absolute atomic E-state index is 12.1. The van der Waals surface area contributed by atoms with Gasteiger partial charge >= 0.3 is 5.97 Å². The van der Waals surface area contributed by atoms with E-state index in [0.717, 1.165) is 24.8 Å². The zero-order valence-electron chi connectivity index (χ0n) is 13.8. The van der Waals surface area contributed by atoms with Crippen LogP contribution in [0, 0.1) is 17.3 Å². The van der Waals surface area contributed by atoms with E-state index in [1.165, 1.54) is 0 Å². The molecule has 0 N–H and O–H groups in total. The molecule has 0 aliphatic heterocycles. The summed E-state index contributed by atoms with van der Waals surface area (Å²) in [6.45, 7) is 6.92. The van der Waals surface area contributed by atoms with Gasteiger partial charge in [0.15, 0.2) is 0 Å². The highest BCUT2D eigenvalue weighted by atomic mass is 16.5. The van der Waals surface area contributed by atoms with Crippen LogP contribution in [-0.2, 0) is 20.9 Å². The minimum absolute atomic E-state index is 0.0446. The number of hydrogen-bond donors (Lipinski definition) is 0. The highest BCUT2D eigenvalue weighted by Crippen LogP contribution is 2.42. The van der Waals surface area contributed by atoms with Crippen molar-refractivity contribution in [3.63, 3.8) is 0 Å². The summed E-state index contributed by atoms with van der Waals surface area (Å²) in [7, 11) is 0. The molecule has 0 aromatic heterocycles. The van der Waals surface area contributed by atoms with Crippen molar-refractivity contribution in [2.75, 3.05) is 0 Å². The first-order valence-corrected chi connectivity index (χ1v) is 8.06. The average molecular weight is 302 g/mol. The van der Waals surface area contributed by atoms with E-state index < -0.39 is 5.97 Å². The van der Waals surface area contributed by atoms with Gasteiger partial charge in [-0.05, 0) is 36.2 Å². The Balaban J connectivity index is 1.66. The predicted octanol–water partition coefficient (Wildman–Crippen LogP) is 4.15. The van der Waals surface area contributed by atoms with Crippen molar-refractivity contribution < 1.29 is 14.3 Å². The van der Waals surface area contributed by atoms with E-state index in [0.29, 0.717) is 11.3 Å². The van der Waals surface area contributed by atoms with Crippen LogP contribution in [0.3, 0.4) is 0 Å². The van der Waals surface area contributed by atoms with Crippen molar-refractivity contribution in [3.05, 3.63) is 35.9 Å². The van der Waals surface area contributed by atoms with Crippen molar-refractivity contribution in [1.82, 2.24) is 0 Å². The third-order valence-corrected chi connectivity index (χ3v) is 4.15. The largest absolute Gasteiger partial charge is 0.460 e. The number of hydrogen-bond acceptors (Lipinski definition) is 3. The second kappa shape index (κ2) is 7.08. The Morgan fingerprint density at radius 2 is 1.77 bits per heavy atom. The fraction of sp³-hybridized carbons (Fsp3) is 0.579. The lowest BCUT2D eigenvalue weighted by molar-refractivity contribution is -0.149. The van der Waals surface area contributed by atoms with Gasteiger partial charge in [-0.15, -0.1) is 0 Å². The van der Waals surface area contributed by atoms with Crippen LogP contribution in [0.25, 0.3) is 0 Å². The van der Waals surface area contributed by atoms with Crippen molar-refractivity contribution >= 4 is 11.8 Å². The Hall–Kier alpha value is -1.64. The van der Waals surface area contributed by atoms with Crippen LogP contribution in [0.15, 0.2) is 30.3 Å². The second-order valence-corrected chi connectivity index (χ2v) is 7.59. The molecule has 1 aliphatic rings. The van der Waals surface area contributed by atoms with Crippen LogP contribution >= 0.6 is 0 Å². The average Bonchev–Trinajstić information content (AvgIpc) is 2.40. The molecule has 0 heterocycles. The Labute approximate surface area is 133 Å². The molecule has 0 atom stereocenters. The Morgan fingerprint density at radius 1 is 1.14 bits per heavy atom. The first-order valence-electron chi connectivity index (χ1n) is 8.06. The molecule has 1 fully saturated rings. The van der Waals surface area contributed by atoms with Crippen LogP contribution in [0.2, 0.25) is 0 Å². The van der Waals surface area contributed by atoms with E-state index >= 15 is 0 Å². The Bertz CT molecular complexity index is 507. The first kappa shape index (κ1) is 16.7. The number of carbonyl (C=O) groups excluding carboxylic acids is 2. The van der Waals surface area contributed by atoms with Gasteiger partial charge in [0, 0.05) is 5.92 Å². The first-order chi connectivity index (χ1) is 10.3. The van der Waals surface area contributed by atoms with Gasteiger partial charge in [0.05, 0.1) is 0 Å². The highest BCUT2D eigenvalue weighted by molar-refractivity contribution is 5.97. The van der Waals surface area contributed by atoms with Gasteiger partial charge in [0.2, 0.25) is 0 Å². The number of Topliss-reactive ketones (excluding diaryl/α,β-unsaturated/α-hetero) is 1. The van der Waals surface area contributed by atoms with Gasteiger partial charge in [-0.25, -0.2) is 0 Å². The number of ether oxygens (including phenoxy) is 1. The summed E-state index contributed by atoms with van der Waals surface area (Å²) < 4.78 is 5.17. The zero-order valence-corrected chi connectivity index (χ0v) is 13.8. The molecule has 0 spiro atoms. The molecule has 0 bridgehead atoms. The van der Waals surface area contributed by atoms with E-state index in [-0.39, 0.29) is 24.7 Å². The summed E-state index contributed by atoms with van der Waals surface area (Å²) in [6, 6.07) is 9.52. The maximum Gasteiger partial charge on any atom is 0.313 e. The van der Waals surface area contributed by atoms with E-state index in [1.807, 2.05) is 30.3 Å². The number of esters is 1. The standard InChI is InChI=1S/C19H26O3/c1-19(2,3)12-15-9-16(10-15)17(20)11-18(21)22-13-14-7-5-4-6-8-14/h4-8,15-16H,9-13H2,1-3H3/t15-,16+. The van der Waals surface area contributed by atoms with Crippen LogP contribution in [0.1, 0.15) is 52.0 Å². The van der Waals surface area contributed by atoms with E-state index in [9.17, 15) is 9.59 Å². The van der Waals surface area contributed by atoms with Crippen molar-refractivity contribution in [2.24, 2.45) is 17.3 Å². The van der Waals surface area contributed by atoms with Gasteiger partial charge in [0.25, 0.3) is 0 Å². The van der Waals surface area contributed by atoms with Gasteiger partial charge in [-0.1, -0.05) is 51.1 Å². The maximum atomic E-state index is 12.1. The highest BCUT2D eigenvalue weighted by Gasteiger charge is 2.36. The fourth-order valence-electron chi connectivity index (χ4n) is 3.11. The van der Waals surface area contributed by atoms with Gasteiger partial charge < -0.3 is 4.74 Å². The molecule has 0 saturated heterocycles. The summed E-state index contributed by atoms with van der Waals surface area (Å²) in [5.41, 5.74) is 1.25. The van der Waals surface area contributed by atoms with Crippen LogP contribution in [0.4, 0.5) is 0 Å². The lowest BCUT2D eigenvalue weighted by Gasteiger charge is -2.38. The summed E-state index contributed by atoms with van der Waals surface area (Å²) in [6.07, 6.45) is 2.93. The Morgan fingerprint density at radius 3 is 2.36 bits per heavy atom. The SMILES string of the molecule is CC(C)(C)C[C@H]1C[C@@H](C(=O)CC(=O)OCc2ccccc2)C1. The monoisotopic (exact) mass is 302 g/mol. The van der Waals surface area contributed by atoms with Crippen molar-refractivity contribution in [3.8, 4) is 0 Å². The number of carbonyl (C=O) groups is 2. The summed E-state index contributed by atoms with van der Waals surface area (Å²) in [4.78, 5) is 23.8. The molecule has 0 radical (unpaired) electrons. The van der Waals surface area contributed by atoms with Crippen LogP contribution in [0.5, 0.6) is 0 Å². The van der Waals surface area contributed by atoms with E-state index in [2.05, 4.69) is 20.8 Å². The molecule has 1 aromatic carbocycles. The normalized spacial score (nSPS) is 21.0. The van der Waals surface area contributed by atoms with E-state index in [1.54, 1.807) is 0 Å². The lowest BCUT2D eigenvalue weighted by Crippen LogP contribution is -2.34. The zero-order chi connectivity index (χ0) is 16.2. The topological polar surface area (TPSA) is 43.4 Å². The summed E-state index contributed by atoms with van der Waals surface area (Å²) >= 11 is 0. The number of benzene rings is 1. The second-order valence-electron chi connectivity index (χ2n) is 7.59. The molecule has 22 heavy (non-hydrogen) atoms. The van der Waals surface area contributed by atoms with Gasteiger partial charge in [0.1, 0.15) is 18.8 Å². The summed E-state index contributed by atoms with van der Waals surface area (Å²) in [5.74, 6) is 0.335. The molecule has 120 valence electrons. The van der Waals surface area contributed by atoms with E-state index in [4.69, 9.17) is 4.74 Å². The van der Waals surface area contributed by atoms with Crippen LogP contribution < -0.4 is 0 Å². The predicted molar refractivity (Wildman–Crippen MR) is 86.1 cm³/mol. The molecule has 3 nitrogen and oxygen atoms in total. The number of rotatable bonds is 6. The molecule has 3 heteroatoms.